The van der Waals surface area contributed by atoms with E-state index in [4.69, 9.17) is 0 Å². The lowest BCUT2D eigenvalue weighted by molar-refractivity contribution is 0.625. The summed E-state index contributed by atoms with van der Waals surface area (Å²) >= 11 is 3.04. The highest BCUT2D eigenvalue weighted by molar-refractivity contribution is 9.10. The normalized spacial score (nSPS) is 10.2. The van der Waals surface area contributed by atoms with Gasteiger partial charge in [0.15, 0.2) is 0 Å². The summed E-state index contributed by atoms with van der Waals surface area (Å²) in [5.74, 6) is 3.20. The van der Waals surface area contributed by atoms with Crippen molar-refractivity contribution >= 4 is 24.1 Å². The molecule has 0 nitrogen and oxygen atoms in total. The van der Waals surface area contributed by atoms with Crippen molar-refractivity contribution in [2.75, 3.05) is 0 Å². The van der Waals surface area contributed by atoms with Gasteiger partial charge in [-0.15, -0.1) is 0 Å². The molecular weight excluding hydrogens is 190 g/mol. The van der Waals surface area contributed by atoms with Gasteiger partial charge in [0, 0.05) is 5.80 Å². The third kappa shape index (κ3) is 1.27. The van der Waals surface area contributed by atoms with Crippen LogP contribution in [0, 0.1) is 5.82 Å². The molecule has 1 aromatic rings. The molecule has 8 heavy (non-hydrogen) atoms. The van der Waals surface area contributed by atoms with Gasteiger partial charge in [0.25, 0.3) is 0 Å². The molecule has 0 atom stereocenters. The fourth-order valence-corrected chi connectivity index (χ4v) is 1.58. The van der Waals surface area contributed by atoms with E-state index in [0.29, 0.717) is 4.47 Å². The van der Waals surface area contributed by atoms with E-state index in [1.165, 1.54) is 5.80 Å². The Hall–Kier alpha value is 0.0600. The van der Waals surface area contributed by atoms with Crippen molar-refractivity contribution in [1.29, 1.82) is 0 Å². The summed E-state index contributed by atoms with van der Waals surface area (Å²) in [4.78, 5) is 0. The van der Waals surface area contributed by atoms with Crippen molar-refractivity contribution in [3.63, 3.8) is 0 Å². The lowest BCUT2D eigenvalue weighted by atomic mass is 10.6. The first-order valence-electron chi connectivity index (χ1n) is 2.06. The number of hydrogen-bond acceptors (Lipinski definition) is 0. The van der Waals surface area contributed by atoms with Crippen molar-refractivity contribution in [1.82, 2.24) is 0 Å². The molecule has 0 N–H and O–H groups in total. The second-order valence-corrected chi connectivity index (χ2v) is 3.00. The van der Waals surface area contributed by atoms with E-state index >= 15 is 0 Å². The fraction of sp³-hybridized carbons (Fsp3) is 0. The van der Waals surface area contributed by atoms with Gasteiger partial charge in [-0.2, -0.15) is 0 Å². The molecule has 0 radical (unpaired) electrons. The summed E-state index contributed by atoms with van der Waals surface area (Å²) < 4.78 is 12.8. The van der Waals surface area contributed by atoms with Crippen molar-refractivity contribution in [2.24, 2.45) is 0 Å². The molecule has 0 fully saturated rings. The van der Waals surface area contributed by atoms with E-state index in [2.05, 4.69) is 15.9 Å². The van der Waals surface area contributed by atoms with Crippen LogP contribution in [0.25, 0.3) is 0 Å². The summed E-state index contributed by atoms with van der Waals surface area (Å²) in [5, 5.41) is 0. The van der Waals surface area contributed by atoms with Crippen molar-refractivity contribution in [2.45, 2.75) is 0 Å². The first kappa shape index (κ1) is 6.18. The van der Waals surface area contributed by atoms with E-state index in [1.54, 1.807) is 6.07 Å². The maximum atomic E-state index is 12.3. The van der Waals surface area contributed by atoms with Crippen LogP contribution < -0.4 is 0 Å². The van der Waals surface area contributed by atoms with Crippen LogP contribution in [0.1, 0.15) is 0 Å². The molecule has 0 bridgehead atoms. The van der Waals surface area contributed by atoms with Crippen LogP contribution >= 0.6 is 24.1 Å². The van der Waals surface area contributed by atoms with Crippen LogP contribution in [0.15, 0.2) is 22.1 Å². The van der Waals surface area contributed by atoms with Crippen molar-refractivity contribution in [3.8, 4) is 0 Å². The first-order chi connectivity index (χ1) is 3.80. The van der Waals surface area contributed by atoms with Gasteiger partial charge in [0.2, 0.25) is 0 Å². The van der Waals surface area contributed by atoms with Crippen LogP contribution in [0.4, 0.5) is 4.39 Å². The Labute approximate surface area is 57.0 Å². The van der Waals surface area contributed by atoms with Gasteiger partial charge >= 0.3 is 0 Å². The van der Waals surface area contributed by atoms with Gasteiger partial charge < -0.3 is 0 Å². The molecule has 0 saturated heterocycles. The Balaban J connectivity index is 3.13. The Morgan fingerprint density at radius 3 is 2.75 bits per heavy atom. The Morgan fingerprint density at radius 1 is 1.62 bits per heavy atom. The fourth-order valence-electron chi connectivity index (χ4n) is 0.358. The molecule has 0 spiro atoms. The van der Waals surface area contributed by atoms with Crippen LogP contribution in [0.5, 0.6) is 0 Å². The van der Waals surface area contributed by atoms with Gasteiger partial charge in [-0.3, -0.25) is 0 Å². The summed E-state index contributed by atoms with van der Waals surface area (Å²) in [5.41, 5.74) is 0. The summed E-state index contributed by atoms with van der Waals surface area (Å²) in [6.07, 6.45) is 0. The predicted molar refractivity (Wildman–Crippen MR) is 36.6 cm³/mol. The average molecular weight is 193 g/mol. The Bertz CT molecular complexity index is 169. The van der Waals surface area contributed by atoms with E-state index in [0.717, 1.165) is 8.19 Å². The van der Waals surface area contributed by atoms with Crippen molar-refractivity contribution < 1.29 is 4.39 Å². The number of hydrogen-bond donors (Lipinski definition) is 0. The van der Waals surface area contributed by atoms with Gasteiger partial charge in [-0.1, -0.05) is 8.19 Å². The highest BCUT2D eigenvalue weighted by Gasteiger charge is 1.91. The van der Waals surface area contributed by atoms with Crippen LogP contribution in [-0.2, 0) is 0 Å². The van der Waals surface area contributed by atoms with Gasteiger partial charge in [0.1, 0.15) is 5.82 Å². The molecule has 0 unspecified atom stereocenters. The first-order valence-corrected chi connectivity index (χ1v) is 3.88. The molecule has 0 aliphatic rings. The summed E-state index contributed by atoms with van der Waals surface area (Å²) in [6.45, 7) is 0. The molecule has 0 aliphatic heterocycles. The third-order valence-electron chi connectivity index (χ3n) is 0.723. The van der Waals surface area contributed by atoms with Crippen LogP contribution in [0.2, 0.25) is 0 Å². The zero-order valence-electron chi connectivity index (χ0n) is 3.94. The molecule has 1 rings (SSSR count). The lowest BCUT2D eigenvalue weighted by Crippen LogP contribution is -1.67. The summed E-state index contributed by atoms with van der Waals surface area (Å²) in [6, 6.07) is 1.71. The topological polar surface area (TPSA) is 0 Å². The number of rotatable bonds is 0. The molecule has 1 heterocycles. The Morgan fingerprint density at radius 2 is 2.38 bits per heavy atom. The molecule has 0 aromatic carbocycles. The second kappa shape index (κ2) is 2.56. The maximum Gasteiger partial charge on any atom is 0.141 e. The molecule has 0 aliphatic carbocycles. The lowest BCUT2D eigenvalue weighted by Gasteiger charge is -1.86. The molecular formula is C5H3BrFP. The van der Waals surface area contributed by atoms with Gasteiger partial charge in [-0.05, 0) is 27.8 Å². The maximum absolute atomic E-state index is 12.3. The molecule has 0 saturated carbocycles. The van der Waals surface area contributed by atoms with Gasteiger partial charge in [-0.25, -0.2) is 4.39 Å². The highest BCUT2D eigenvalue weighted by Crippen LogP contribution is 2.17. The Kier molecular flexibility index (Phi) is 1.98. The third-order valence-corrected chi connectivity index (χ3v) is 2.06. The van der Waals surface area contributed by atoms with Crippen molar-refractivity contribution in [3.05, 3.63) is 28.0 Å². The molecule has 1 aromatic heterocycles. The van der Waals surface area contributed by atoms with Crippen LogP contribution in [0.3, 0.4) is 0 Å². The average Bonchev–Trinajstić information content (AvgIpc) is 1.77. The molecule has 3 heteroatoms. The largest absolute Gasteiger partial charge is 0.205 e. The highest BCUT2D eigenvalue weighted by atomic mass is 79.9. The standard InChI is InChI=1S/C5H3BrFP/c6-4-1-2-8-3-5(4)7/h1-3H. The molecule has 0 amide bonds. The smallest absolute Gasteiger partial charge is 0.141 e. The van der Waals surface area contributed by atoms with E-state index in [9.17, 15) is 4.39 Å². The predicted octanol–water partition coefficient (Wildman–Crippen LogP) is 3.17. The van der Waals surface area contributed by atoms with Gasteiger partial charge in [0.05, 0.1) is 4.47 Å². The summed E-state index contributed by atoms with van der Waals surface area (Å²) in [7, 11) is 0.919. The minimum absolute atomic E-state index is 0.172. The zero-order chi connectivity index (χ0) is 5.98. The van der Waals surface area contributed by atoms with E-state index in [1.807, 2.05) is 5.80 Å². The minimum Gasteiger partial charge on any atom is -0.205 e. The number of halogens is 2. The van der Waals surface area contributed by atoms with E-state index in [-0.39, 0.29) is 5.82 Å². The zero-order valence-corrected chi connectivity index (χ0v) is 6.42. The quantitative estimate of drug-likeness (QED) is 0.593. The monoisotopic (exact) mass is 192 g/mol. The minimum atomic E-state index is -0.172. The molecule has 42 valence electrons. The van der Waals surface area contributed by atoms with E-state index < -0.39 is 0 Å². The second-order valence-electron chi connectivity index (χ2n) is 1.29. The SMILES string of the molecule is Fc1cpccc1Br. The van der Waals surface area contributed by atoms with Crippen LogP contribution in [-0.4, -0.2) is 0 Å².